The van der Waals surface area contributed by atoms with Crippen LogP contribution >= 0.6 is 0 Å². The van der Waals surface area contributed by atoms with Crippen molar-refractivity contribution in [2.24, 2.45) is 0 Å². The fourth-order valence-electron chi connectivity index (χ4n) is 6.04. The number of piperidine rings is 1. The van der Waals surface area contributed by atoms with Gasteiger partial charge in [-0.1, -0.05) is 168 Å². The first-order valence-electron chi connectivity index (χ1n) is 17.5. The van der Waals surface area contributed by atoms with Crippen LogP contribution in [-0.2, 0) is 0 Å². The average Bonchev–Trinajstić information content (AvgIpc) is 2.91. The Bertz CT molecular complexity index is 463. The maximum Gasteiger partial charge on any atom is 0.673 e. The minimum Gasteiger partial charge on any atom is -0.418 e. The van der Waals surface area contributed by atoms with Gasteiger partial charge < -0.3 is 22.2 Å². The summed E-state index contributed by atoms with van der Waals surface area (Å²) < 4.78 is 39.0. The van der Waals surface area contributed by atoms with E-state index in [1.807, 2.05) is 0 Å². The zero-order valence-corrected chi connectivity index (χ0v) is 26.3. The molecule has 0 saturated carbocycles. The number of hydrogen-bond acceptors (Lipinski definition) is 1. The predicted molar refractivity (Wildman–Crippen MR) is 166 cm³/mol. The number of nitrogens with zero attached hydrogens (tertiary/aromatic N) is 1. The Morgan fingerprint density at radius 2 is 0.718 bits per heavy atom. The van der Waals surface area contributed by atoms with Crippen LogP contribution in [0.3, 0.4) is 0 Å². The summed E-state index contributed by atoms with van der Waals surface area (Å²) in [6.45, 7) is 7.43. The topological polar surface area (TPSA) is 3.24 Å². The molecular formula is C33H67BF4N-. The number of rotatable bonds is 26. The molecule has 236 valence electrons. The largest absolute Gasteiger partial charge is 0.673 e. The summed E-state index contributed by atoms with van der Waals surface area (Å²) in [4.78, 5) is 2.84. The van der Waals surface area contributed by atoms with E-state index >= 15 is 0 Å². The second-order valence-corrected chi connectivity index (χ2v) is 12.2. The molecule has 0 aromatic carbocycles. The van der Waals surface area contributed by atoms with Crippen LogP contribution < -0.4 is 0 Å². The van der Waals surface area contributed by atoms with Crippen LogP contribution in [-0.4, -0.2) is 31.3 Å². The van der Waals surface area contributed by atoms with Gasteiger partial charge in [-0.15, -0.1) is 0 Å². The van der Waals surface area contributed by atoms with E-state index in [1.54, 1.807) is 0 Å². The molecule has 0 aromatic heterocycles. The molecule has 6 heteroatoms. The maximum absolute atomic E-state index is 9.75. The minimum absolute atomic E-state index is 0.903. The van der Waals surface area contributed by atoms with Gasteiger partial charge in [0.1, 0.15) is 0 Å². The van der Waals surface area contributed by atoms with Gasteiger partial charge in [0.05, 0.1) is 0 Å². The van der Waals surface area contributed by atoms with Crippen LogP contribution in [0.15, 0.2) is 0 Å². The predicted octanol–water partition coefficient (Wildman–Crippen LogP) is 12.9. The second kappa shape index (κ2) is 29.2. The third kappa shape index (κ3) is 32.1. The van der Waals surface area contributed by atoms with Gasteiger partial charge in [0, 0.05) is 6.04 Å². The minimum atomic E-state index is -6.00. The Labute approximate surface area is 242 Å². The van der Waals surface area contributed by atoms with Gasteiger partial charge in [0.15, 0.2) is 0 Å². The zero-order valence-electron chi connectivity index (χ0n) is 26.3. The zero-order chi connectivity index (χ0) is 28.9. The highest BCUT2D eigenvalue weighted by molar-refractivity contribution is 6.50. The Morgan fingerprint density at radius 1 is 0.436 bits per heavy atom. The average molecular weight is 565 g/mol. The van der Waals surface area contributed by atoms with Crippen molar-refractivity contribution in [3.63, 3.8) is 0 Å². The summed E-state index contributed by atoms with van der Waals surface area (Å²) in [5, 5.41) is 0. The Kier molecular flexibility index (Phi) is 29.1. The quantitative estimate of drug-likeness (QED) is 0.0574. The summed E-state index contributed by atoms with van der Waals surface area (Å²) in [6, 6.07) is 0.903. The van der Waals surface area contributed by atoms with Crippen molar-refractivity contribution in [2.45, 2.75) is 200 Å². The third-order valence-corrected chi connectivity index (χ3v) is 8.44. The van der Waals surface area contributed by atoms with Gasteiger partial charge in [0.25, 0.3) is 0 Å². The highest BCUT2D eigenvalue weighted by atomic mass is 19.5. The van der Waals surface area contributed by atoms with Gasteiger partial charge in [0.2, 0.25) is 0 Å². The molecule has 1 heterocycles. The fourth-order valence-corrected chi connectivity index (χ4v) is 6.04. The maximum atomic E-state index is 9.75. The Morgan fingerprint density at radius 3 is 1.05 bits per heavy atom. The van der Waals surface area contributed by atoms with E-state index in [-0.39, 0.29) is 0 Å². The van der Waals surface area contributed by atoms with Crippen LogP contribution in [0.1, 0.15) is 194 Å². The lowest BCUT2D eigenvalue weighted by Gasteiger charge is -2.35. The smallest absolute Gasteiger partial charge is 0.418 e. The van der Waals surface area contributed by atoms with E-state index in [2.05, 4.69) is 18.7 Å². The summed E-state index contributed by atoms with van der Waals surface area (Å²) >= 11 is 0. The van der Waals surface area contributed by atoms with E-state index in [1.165, 1.54) is 193 Å². The summed E-state index contributed by atoms with van der Waals surface area (Å²) in [5.41, 5.74) is 0. The summed E-state index contributed by atoms with van der Waals surface area (Å²) in [5.74, 6) is 0. The molecule has 0 spiro atoms. The first-order chi connectivity index (χ1) is 18.9. The molecule has 0 amide bonds. The van der Waals surface area contributed by atoms with Crippen molar-refractivity contribution < 1.29 is 17.3 Å². The molecule has 1 unspecified atom stereocenters. The molecule has 1 atom stereocenters. The molecule has 1 aliphatic rings. The van der Waals surface area contributed by atoms with E-state index in [0.717, 1.165) is 6.04 Å². The van der Waals surface area contributed by atoms with Crippen LogP contribution in [0.25, 0.3) is 0 Å². The number of likely N-dealkylation sites (tertiary alicyclic amines) is 1. The van der Waals surface area contributed by atoms with Gasteiger partial charge in [-0.25, -0.2) is 0 Å². The number of halogens is 4. The van der Waals surface area contributed by atoms with Crippen LogP contribution in [0.2, 0.25) is 0 Å². The third-order valence-electron chi connectivity index (χ3n) is 8.44. The van der Waals surface area contributed by atoms with E-state index < -0.39 is 7.25 Å². The SMILES string of the molecule is CCCCCCCCCCCCCCCCCCCCCCCC(CCCC)N1CCCCC1.F[B-](F)(F)F. The van der Waals surface area contributed by atoms with Gasteiger partial charge in [-0.3, -0.25) is 0 Å². The van der Waals surface area contributed by atoms with Gasteiger partial charge >= 0.3 is 7.25 Å². The van der Waals surface area contributed by atoms with Crippen molar-refractivity contribution in [3.8, 4) is 0 Å². The van der Waals surface area contributed by atoms with Crippen molar-refractivity contribution in [1.82, 2.24) is 4.90 Å². The molecule has 1 aliphatic heterocycles. The standard InChI is InChI=1S/C33H67N.BF4/c1-3-5-7-8-9-10-11-12-13-14-15-16-17-18-19-20-21-22-23-24-26-30-33(29-6-4-2)34-31-27-25-28-32-34;2-1(3,4)5/h33H,3-32H2,1-2H3;/q;-1. The normalized spacial score (nSPS) is 15.2. The van der Waals surface area contributed by atoms with Crippen LogP contribution in [0.5, 0.6) is 0 Å². The first-order valence-corrected chi connectivity index (χ1v) is 17.5. The van der Waals surface area contributed by atoms with E-state index in [4.69, 9.17) is 0 Å². The van der Waals surface area contributed by atoms with Crippen LogP contribution in [0, 0.1) is 0 Å². The lowest BCUT2D eigenvalue weighted by Crippen LogP contribution is -2.39. The molecule has 0 radical (unpaired) electrons. The Balaban J connectivity index is 0.00000263. The van der Waals surface area contributed by atoms with Crippen LogP contribution in [0.4, 0.5) is 17.3 Å². The molecule has 1 rings (SSSR count). The van der Waals surface area contributed by atoms with Crippen molar-refractivity contribution in [2.75, 3.05) is 13.1 Å². The summed E-state index contributed by atoms with van der Waals surface area (Å²) in [7, 11) is -6.00. The number of unbranched alkanes of at least 4 members (excludes halogenated alkanes) is 21. The molecule has 0 aliphatic carbocycles. The second-order valence-electron chi connectivity index (χ2n) is 12.2. The van der Waals surface area contributed by atoms with Gasteiger partial charge in [-0.2, -0.15) is 0 Å². The van der Waals surface area contributed by atoms with E-state index in [9.17, 15) is 17.3 Å². The lowest BCUT2D eigenvalue weighted by atomic mass is 9.97. The summed E-state index contributed by atoms with van der Waals surface area (Å²) in [6.07, 6.45) is 41.2. The molecule has 1 saturated heterocycles. The highest BCUT2D eigenvalue weighted by Crippen LogP contribution is 2.22. The highest BCUT2D eigenvalue weighted by Gasteiger charge is 2.21. The number of hydrogen-bond donors (Lipinski definition) is 0. The molecule has 1 fully saturated rings. The Hall–Kier alpha value is -0.255. The van der Waals surface area contributed by atoms with Crippen molar-refractivity contribution in [1.29, 1.82) is 0 Å². The molecular weight excluding hydrogens is 497 g/mol. The lowest BCUT2D eigenvalue weighted by molar-refractivity contribution is 0.143. The molecule has 39 heavy (non-hydrogen) atoms. The molecule has 1 nitrogen and oxygen atoms in total. The first kappa shape index (κ1) is 38.7. The van der Waals surface area contributed by atoms with E-state index in [0.29, 0.717) is 0 Å². The molecule has 0 aromatic rings. The molecule has 0 bridgehead atoms. The van der Waals surface area contributed by atoms with Crippen molar-refractivity contribution in [3.05, 3.63) is 0 Å². The molecule has 0 N–H and O–H groups in total. The fraction of sp³-hybridized carbons (Fsp3) is 1.00. The monoisotopic (exact) mass is 565 g/mol. The van der Waals surface area contributed by atoms with Gasteiger partial charge in [-0.05, 0) is 38.8 Å². The van der Waals surface area contributed by atoms with Crippen molar-refractivity contribution >= 4 is 7.25 Å².